The van der Waals surface area contributed by atoms with Crippen molar-refractivity contribution in [2.45, 2.75) is 47.1 Å². The van der Waals surface area contributed by atoms with E-state index in [0.717, 1.165) is 0 Å². The van der Waals surface area contributed by atoms with Crippen molar-refractivity contribution in [3.8, 4) is 0 Å². The molecular weight excluding hydrogens is 248 g/mol. The second kappa shape index (κ2) is 6.04. The van der Waals surface area contributed by atoms with E-state index in [9.17, 15) is 14.4 Å². The van der Waals surface area contributed by atoms with Crippen LogP contribution in [0.15, 0.2) is 0 Å². The van der Waals surface area contributed by atoms with Crippen LogP contribution in [0.1, 0.15) is 41.5 Å². The molecule has 6 nitrogen and oxygen atoms in total. The van der Waals surface area contributed by atoms with Crippen LogP contribution in [0.25, 0.3) is 0 Å². The Bertz CT molecular complexity index is 369. The van der Waals surface area contributed by atoms with Crippen molar-refractivity contribution in [1.82, 2.24) is 5.32 Å². The summed E-state index contributed by atoms with van der Waals surface area (Å²) in [5.41, 5.74) is 3.36. The maximum atomic E-state index is 12.2. The average molecular weight is 272 g/mol. The molecule has 0 heterocycles. The summed E-state index contributed by atoms with van der Waals surface area (Å²) in [6.07, 6.45) is 0. The van der Waals surface area contributed by atoms with Gasteiger partial charge in [-0.3, -0.25) is 14.4 Å². The second-order valence-corrected chi connectivity index (χ2v) is 6.03. The van der Waals surface area contributed by atoms with Crippen molar-refractivity contribution in [2.24, 2.45) is 17.1 Å². The van der Waals surface area contributed by atoms with E-state index in [1.54, 1.807) is 27.7 Å². The van der Waals surface area contributed by atoms with Gasteiger partial charge in [-0.25, -0.2) is 0 Å². The molecule has 0 aliphatic carbocycles. The zero-order valence-electron chi connectivity index (χ0n) is 12.5. The van der Waals surface area contributed by atoms with Crippen LogP contribution in [-0.2, 0) is 19.1 Å². The Labute approximate surface area is 114 Å². The van der Waals surface area contributed by atoms with Crippen LogP contribution in [0, 0.1) is 11.3 Å². The Hall–Kier alpha value is -1.59. The van der Waals surface area contributed by atoms with Gasteiger partial charge in [-0.1, -0.05) is 20.8 Å². The SMILES string of the molecule is CCOC(=O)C(C(=O)NC(C)(C)C(N)=O)C(C)(C)C. The molecule has 1 atom stereocenters. The molecule has 0 aliphatic heterocycles. The number of rotatable bonds is 5. The Balaban J connectivity index is 5.15. The highest BCUT2D eigenvalue weighted by Crippen LogP contribution is 2.28. The molecular formula is C13H24N2O4. The van der Waals surface area contributed by atoms with Gasteiger partial charge in [0.25, 0.3) is 0 Å². The van der Waals surface area contributed by atoms with E-state index >= 15 is 0 Å². The molecule has 0 aromatic carbocycles. The number of nitrogens with one attached hydrogen (secondary N) is 1. The number of carbonyl (C=O) groups excluding carboxylic acids is 3. The molecule has 0 spiro atoms. The molecule has 1 unspecified atom stereocenters. The van der Waals surface area contributed by atoms with Crippen LogP contribution < -0.4 is 11.1 Å². The fraction of sp³-hybridized carbons (Fsp3) is 0.769. The van der Waals surface area contributed by atoms with Gasteiger partial charge < -0.3 is 15.8 Å². The Morgan fingerprint density at radius 1 is 1.16 bits per heavy atom. The van der Waals surface area contributed by atoms with Gasteiger partial charge in [-0.2, -0.15) is 0 Å². The third kappa shape index (κ3) is 4.89. The minimum atomic E-state index is -1.22. The molecule has 0 saturated carbocycles. The van der Waals surface area contributed by atoms with E-state index in [4.69, 9.17) is 10.5 Å². The molecule has 19 heavy (non-hydrogen) atoms. The molecule has 0 saturated heterocycles. The van der Waals surface area contributed by atoms with E-state index < -0.39 is 34.7 Å². The number of primary amides is 1. The van der Waals surface area contributed by atoms with Gasteiger partial charge in [0.1, 0.15) is 11.5 Å². The predicted molar refractivity (Wildman–Crippen MR) is 71.0 cm³/mol. The quantitative estimate of drug-likeness (QED) is 0.565. The van der Waals surface area contributed by atoms with Crippen LogP contribution in [0.4, 0.5) is 0 Å². The number of hydrogen-bond donors (Lipinski definition) is 2. The standard InChI is InChI=1S/C13H24N2O4/c1-7-19-10(17)8(12(2,3)4)9(16)15-13(5,6)11(14)18/h8H,7H2,1-6H3,(H2,14,18)(H,15,16). The molecule has 0 fully saturated rings. The second-order valence-electron chi connectivity index (χ2n) is 6.03. The number of esters is 1. The third-order valence-corrected chi connectivity index (χ3v) is 2.70. The molecule has 0 bridgehead atoms. The van der Waals surface area contributed by atoms with Crippen molar-refractivity contribution in [3.63, 3.8) is 0 Å². The highest BCUT2D eigenvalue weighted by atomic mass is 16.5. The number of nitrogens with two attached hydrogens (primary N) is 1. The third-order valence-electron chi connectivity index (χ3n) is 2.70. The van der Waals surface area contributed by atoms with E-state index in [1.165, 1.54) is 13.8 Å². The van der Waals surface area contributed by atoms with Gasteiger partial charge >= 0.3 is 5.97 Å². The lowest BCUT2D eigenvalue weighted by Crippen LogP contribution is -2.57. The van der Waals surface area contributed by atoms with Gasteiger partial charge in [0.2, 0.25) is 11.8 Å². The number of ether oxygens (including phenoxy) is 1. The minimum Gasteiger partial charge on any atom is -0.465 e. The van der Waals surface area contributed by atoms with Gasteiger partial charge in [-0.15, -0.1) is 0 Å². The molecule has 3 N–H and O–H groups in total. The van der Waals surface area contributed by atoms with Crippen LogP contribution in [0.3, 0.4) is 0 Å². The summed E-state index contributed by atoms with van der Waals surface area (Å²) < 4.78 is 4.91. The Morgan fingerprint density at radius 2 is 1.63 bits per heavy atom. The van der Waals surface area contributed by atoms with Crippen LogP contribution in [-0.4, -0.2) is 29.9 Å². The van der Waals surface area contributed by atoms with Gasteiger partial charge in [0.15, 0.2) is 0 Å². The minimum absolute atomic E-state index is 0.192. The van der Waals surface area contributed by atoms with Gasteiger partial charge in [0.05, 0.1) is 6.61 Å². The fourth-order valence-electron chi connectivity index (χ4n) is 1.52. The number of carbonyl (C=O) groups is 3. The van der Waals surface area contributed by atoms with Crippen LogP contribution >= 0.6 is 0 Å². The van der Waals surface area contributed by atoms with Crippen molar-refractivity contribution in [2.75, 3.05) is 6.61 Å². The summed E-state index contributed by atoms with van der Waals surface area (Å²) >= 11 is 0. The first-order chi connectivity index (χ1) is 8.43. The summed E-state index contributed by atoms with van der Waals surface area (Å²) in [6, 6.07) is 0. The Morgan fingerprint density at radius 3 is 1.95 bits per heavy atom. The topological polar surface area (TPSA) is 98.5 Å². The first-order valence-electron chi connectivity index (χ1n) is 6.22. The van der Waals surface area contributed by atoms with Crippen molar-refractivity contribution in [3.05, 3.63) is 0 Å². The van der Waals surface area contributed by atoms with Crippen LogP contribution in [0.2, 0.25) is 0 Å². The molecule has 2 amide bonds. The number of amides is 2. The maximum Gasteiger partial charge on any atom is 0.319 e. The summed E-state index contributed by atoms with van der Waals surface area (Å²) in [7, 11) is 0. The normalized spacial score (nSPS) is 13.6. The van der Waals surface area contributed by atoms with Crippen molar-refractivity contribution in [1.29, 1.82) is 0 Å². The highest BCUT2D eigenvalue weighted by molar-refractivity contribution is 6.01. The van der Waals surface area contributed by atoms with E-state index in [-0.39, 0.29) is 6.61 Å². The largest absolute Gasteiger partial charge is 0.465 e. The maximum absolute atomic E-state index is 12.2. The fourth-order valence-corrected chi connectivity index (χ4v) is 1.52. The zero-order valence-corrected chi connectivity index (χ0v) is 12.5. The molecule has 6 heteroatoms. The average Bonchev–Trinajstić information content (AvgIpc) is 2.13. The predicted octanol–water partition coefficient (Wildman–Crippen LogP) is 0.592. The zero-order chi connectivity index (χ0) is 15.4. The Kier molecular flexibility index (Phi) is 5.53. The van der Waals surface area contributed by atoms with Crippen molar-refractivity contribution < 1.29 is 19.1 Å². The van der Waals surface area contributed by atoms with Crippen molar-refractivity contribution >= 4 is 17.8 Å². The first-order valence-corrected chi connectivity index (χ1v) is 6.22. The summed E-state index contributed by atoms with van der Waals surface area (Å²) in [6.45, 7) is 10.1. The first kappa shape index (κ1) is 17.4. The molecule has 0 aliphatic rings. The molecule has 0 aromatic rings. The van der Waals surface area contributed by atoms with Crippen LogP contribution in [0.5, 0.6) is 0 Å². The molecule has 0 radical (unpaired) electrons. The highest BCUT2D eigenvalue weighted by Gasteiger charge is 2.41. The van der Waals surface area contributed by atoms with Gasteiger partial charge in [-0.05, 0) is 26.2 Å². The lowest BCUT2D eigenvalue weighted by Gasteiger charge is -2.31. The molecule has 0 aromatic heterocycles. The lowest BCUT2D eigenvalue weighted by atomic mass is 9.79. The van der Waals surface area contributed by atoms with Gasteiger partial charge in [0, 0.05) is 0 Å². The van der Waals surface area contributed by atoms with E-state index in [1.807, 2.05) is 0 Å². The summed E-state index contributed by atoms with van der Waals surface area (Å²) in [4.78, 5) is 35.3. The van der Waals surface area contributed by atoms with E-state index in [2.05, 4.69) is 5.32 Å². The lowest BCUT2D eigenvalue weighted by molar-refractivity contribution is -0.157. The molecule has 110 valence electrons. The summed E-state index contributed by atoms with van der Waals surface area (Å²) in [5, 5.41) is 2.49. The smallest absolute Gasteiger partial charge is 0.319 e. The monoisotopic (exact) mass is 272 g/mol. The number of hydrogen-bond acceptors (Lipinski definition) is 4. The summed E-state index contributed by atoms with van der Waals surface area (Å²) in [5.74, 6) is -2.83. The van der Waals surface area contributed by atoms with E-state index in [0.29, 0.717) is 0 Å². The molecule has 0 rings (SSSR count).